The Morgan fingerprint density at radius 3 is 2.30 bits per heavy atom. The van der Waals surface area contributed by atoms with E-state index in [1.54, 1.807) is 25.1 Å². The minimum absolute atomic E-state index is 0.0614. The Kier molecular flexibility index (Phi) is 8.64. The van der Waals surface area contributed by atoms with Crippen LogP contribution < -0.4 is 9.62 Å². The number of anilines is 1. The molecule has 1 unspecified atom stereocenters. The van der Waals surface area contributed by atoms with Gasteiger partial charge in [0.2, 0.25) is 21.8 Å². The van der Waals surface area contributed by atoms with Gasteiger partial charge in [0.05, 0.1) is 11.9 Å². The number of nitrogens with one attached hydrogen (secondary N) is 1. The van der Waals surface area contributed by atoms with E-state index in [9.17, 15) is 22.4 Å². The summed E-state index contributed by atoms with van der Waals surface area (Å²) in [6, 6.07) is 11.6. The number of halogens is 2. The van der Waals surface area contributed by atoms with Gasteiger partial charge in [-0.1, -0.05) is 40.2 Å². The van der Waals surface area contributed by atoms with Crippen LogP contribution >= 0.6 is 15.9 Å². The highest BCUT2D eigenvalue weighted by Crippen LogP contribution is 2.22. The zero-order chi connectivity index (χ0) is 25.0. The molecule has 0 saturated carbocycles. The third-order valence-electron chi connectivity index (χ3n) is 4.71. The van der Waals surface area contributed by atoms with Crippen LogP contribution in [0.25, 0.3) is 0 Å². The molecule has 2 amide bonds. The Hall–Kier alpha value is -2.46. The van der Waals surface area contributed by atoms with Crippen LogP contribution in [0.2, 0.25) is 0 Å². The standard InChI is InChI=1S/C23H29BrFN3O4S/c1-16(22(30)26-23(2,3)4)27(14-17-9-8-10-18(24)13-17)21(29)15-28(33(5,31)32)20-12-7-6-11-19(20)25/h6-13,16H,14-15H2,1-5H3,(H,26,30). The van der Waals surface area contributed by atoms with Gasteiger partial charge in [0.15, 0.2) is 0 Å². The molecule has 10 heteroatoms. The van der Waals surface area contributed by atoms with Crippen molar-refractivity contribution in [1.82, 2.24) is 10.2 Å². The maximum Gasteiger partial charge on any atom is 0.244 e. The Morgan fingerprint density at radius 2 is 1.76 bits per heavy atom. The second-order valence-electron chi connectivity index (χ2n) is 8.79. The maximum atomic E-state index is 14.4. The van der Waals surface area contributed by atoms with Gasteiger partial charge in [0.25, 0.3) is 0 Å². The average Bonchev–Trinajstić information content (AvgIpc) is 2.68. The number of para-hydroxylation sites is 1. The second-order valence-corrected chi connectivity index (χ2v) is 11.6. The fourth-order valence-electron chi connectivity index (χ4n) is 3.14. The molecule has 1 N–H and O–H groups in total. The highest BCUT2D eigenvalue weighted by atomic mass is 79.9. The number of rotatable bonds is 8. The first-order chi connectivity index (χ1) is 15.2. The number of hydrogen-bond donors (Lipinski definition) is 1. The molecule has 0 aliphatic rings. The number of amides is 2. The first kappa shape index (κ1) is 26.8. The smallest absolute Gasteiger partial charge is 0.244 e. The zero-order valence-electron chi connectivity index (χ0n) is 19.3. The van der Waals surface area contributed by atoms with Crippen LogP contribution in [-0.4, -0.2) is 49.5 Å². The van der Waals surface area contributed by atoms with E-state index in [0.717, 1.165) is 22.4 Å². The normalized spacial score (nSPS) is 12.7. The van der Waals surface area contributed by atoms with Crippen molar-refractivity contribution in [2.75, 3.05) is 17.1 Å². The van der Waals surface area contributed by atoms with Crippen LogP contribution in [0.15, 0.2) is 53.0 Å². The Bertz CT molecular complexity index is 1120. The van der Waals surface area contributed by atoms with Gasteiger partial charge in [0.1, 0.15) is 18.4 Å². The highest BCUT2D eigenvalue weighted by molar-refractivity contribution is 9.10. The summed E-state index contributed by atoms with van der Waals surface area (Å²) in [6.45, 7) is 6.45. The highest BCUT2D eigenvalue weighted by Gasteiger charge is 2.32. The molecular formula is C23H29BrFN3O4S. The van der Waals surface area contributed by atoms with Crippen molar-refractivity contribution in [3.05, 3.63) is 64.4 Å². The van der Waals surface area contributed by atoms with Crippen molar-refractivity contribution < 1.29 is 22.4 Å². The molecule has 7 nitrogen and oxygen atoms in total. The SMILES string of the molecule is CC(C(=O)NC(C)(C)C)N(Cc1cccc(Br)c1)C(=O)CN(c1ccccc1F)S(C)(=O)=O. The Morgan fingerprint density at radius 1 is 1.12 bits per heavy atom. The molecule has 2 rings (SSSR count). The molecule has 180 valence electrons. The maximum absolute atomic E-state index is 14.4. The van der Waals surface area contributed by atoms with Crippen LogP contribution in [0.5, 0.6) is 0 Å². The zero-order valence-corrected chi connectivity index (χ0v) is 21.7. The van der Waals surface area contributed by atoms with E-state index in [4.69, 9.17) is 0 Å². The molecule has 0 aliphatic heterocycles. The van der Waals surface area contributed by atoms with Gasteiger partial charge in [-0.15, -0.1) is 0 Å². The molecule has 0 aliphatic carbocycles. The predicted octanol–water partition coefficient (Wildman–Crippen LogP) is 3.69. The summed E-state index contributed by atoms with van der Waals surface area (Å²) in [5.41, 5.74) is -0.0191. The number of hydrogen-bond acceptors (Lipinski definition) is 4. The monoisotopic (exact) mass is 541 g/mol. The minimum atomic E-state index is -3.99. The molecule has 0 saturated heterocycles. The van der Waals surface area contributed by atoms with Crippen molar-refractivity contribution in [2.45, 2.75) is 45.8 Å². The number of nitrogens with zero attached hydrogens (tertiary/aromatic N) is 2. The van der Waals surface area contributed by atoms with E-state index in [1.807, 2.05) is 26.8 Å². The van der Waals surface area contributed by atoms with Crippen LogP contribution in [0.4, 0.5) is 10.1 Å². The lowest BCUT2D eigenvalue weighted by molar-refractivity contribution is -0.140. The van der Waals surface area contributed by atoms with Gasteiger partial charge in [-0.2, -0.15) is 0 Å². The van der Waals surface area contributed by atoms with Gasteiger partial charge in [-0.05, 0) is 57.5 Å². The molecule has 2 aromatic carbocycles. The number of sulfonamides is 1. The van der Waals surface area contributed by atoms with Crippen molar-refractivity contribution in [3.63, 3.8) is 0 Å². The fourth-order valence-corrected chi connectivity index (χ4v) is 4.43. The van der Waals surface area contributed by atoms with E-state index >= 15 is 0 Å². The first-order valence-corrected chi connectivity index (χ1v) is 12.9. The van der Waals surface area contributed by atoms with E-state index in [-0.39, 0.29) is 18.1 Å². The molecule has 0 radical (unpaired) electrons. The van der Waals surface area contributed by atoms with Gasteiger partial charge in [-0.3, -0.25) is 13.9 Å². The quantitative estimate of drug-likeness (QED) is 0.552. The topological polar surface area (TPSA) is 86.8 Å². The molecule has 33 heavy (non-hydrogen) atoms. The largest absolute Gasteiger partial charge is 0.350 e. The lowest BCUT2D eigenvalue weighted by Gasteiger charge is -2.33. The summed E-state index contributed by atoms with van der Waals surface area (Å²) < 4.78 is 40.8. The van der Waals surface area contributed by atoms with Gasteiger partial charge in [0, 0.05) is 16.6 Å². The summed E-state index contributed by atoms with van der Waals surface area (Å²) in [5, 5.41) is 2.84. The summed E-state index contributed by atoms with van der Waals surface area (Å²) in [5.74, 6) is -1.80. The minimum Gasteiger partial charge on any atom is -0.350 e. The first-order valence-electron chi connectivity index (χ1n) is 10.3. The van der Waals surface area contributed by atoms with E-state index in [2.05, 4.69) is 21.2 Å². The summed E-state index contributed by atoms with van der Waals surface area (Å²) in [4.78, 5) is 27.5. The molecule has 0 bridgehead atoms. The van der Waals surface area contributed by atoms with Crippen LogP contribution in [-0.2, 0) is 26.2 Å². The van der Waals surface area contributed by atoms with E-state index < -0.39 is 39.9 Å². The molecule has 0 fully saturated rings. The lowest BCUT2D eigenvalue weighted by Crippen LogP contribution is -2.54. The summed E-state index contributed by atoms with van der Waals surface area (Å²) in [7, 11) is -3.99. The summed E-state index contributed by atoms with van der Waals surface area (Å²) >= 11 is 3.39. The Labute approximate surface area is 203 Å². The van der Waals surface area contributed by atoms with Crippen LogP contribution in [0.1, 0.15) is 33.3 Å². The molecule has 0 heterocycles. The number of carbonyl (C=O) groups excluding carboxylic acids is 2. The third-order valence-corrected chi connectivity index (χ3v) is 6.33. The summed E-state index contributed by atoms with van der Waals surface area (Å²) in [6.07, 6.45) is 0.904. The van der Waals surface area contributed by atoms with Crippen molar-refractivity contribution in [1.29, 1.82) is 0 Å². The molecule has 0 aromatic heterocycles. The molecule has 2 aromatic rings. The van der Waals surface area contributed by atoms with E-state index in [0.29, 0.717) is 4.31 Å². The van der Waals surface area contributed by atoms with Crippen LogP contribution in [0, 0.1) is 5.82 Å². The lowest BCUT2D eigenvalue weighted by atomic mass is 10.1. The van der Waals surface area contributed by atoms with Crippen molar-refractivity contribution in [2.24, 2.45) is 0 Å². The van der Waals surface area contributed by atoms with E-state index in [1.165, 1.54) is 23.1 Å². The molecular weight excluding hydrogens is 513 g/mol. The van der Waals surface area contributed by atoms with Crippen molar-refractivity contribution in [3.8, 4) is 0 Å². The van der Waals surface area contributed by atoms with Gasteiger partial charge >= 0.3 is 0 Å². The fraction of sp³-hybridized carbons (Fsp3) is 0.391. The predicted molar refractivity (Wildman–Crippen MR) is 131 cm³/mol. The molecule has 0 spiro atoms. The number of benzene rings is 2. The molecule has 1 atom stereocenters. The average molecular weight is 542 g/mol. The third kappa shape index (κ3) is 7.82. The van der Waals surface area contributed by atoms with Gasteiger partial charge < -0.3 is 10.2 Å². The van der Waals surface area contributed by atoms with Crippen LogP contribution in [0.3, 0.4) is 0 Å². The van der Waals surface area contributed by atoms with Gasteiger partial charge in [-0.25, -0.2) is 12.8 Å². The Balaban J connectivity index is 2.42. The van der Waals surface area contributed by atoms with Crippen molar-refractivity contribution >= 4 is 43.5 Å². The number of carbonyl (C=O) groups is 2. The second kappa shape index (κ2) is 10.6.